The van der Waals surface area contributed by atoms with E-state index in [0.717, 1.165) is 16.8 Å². The van der Waals surface area contributed by atoms with Crippen LogP contribution in [0.2, 0.25) is 0 Å². The van der Waals surface area contributed by atoms with E-state index in [1.54, 1.807) is 26.4 Å². The van der Waals surface area contributed by atoms with Gasteiger partial charge in [-0.25, -0.2) is 9.37 Å². The van der Waals surface area contributed by atoms with Gasteiger partial charge in [-0.3, -0.25) is 4.79 Å². The molecular weight excluding hydrogens is 385 g/mol. The van der Waals surface area contributed by atoms with Gasteiger partial charge in [0.2, 0.25) is 0 Å². The minimum absolute atomic E-state index is 0.233. The zero-order chi connectivity index (χ0) is 21.3. The lowest BCUT2D eigenvalue weighted by atomic mass is 10.0. The summed E-state index contributed by atoms with van der Waals surface area (Å²) in [4.78, 5) is 19.7. The topological polar surface area (TPSA) is 63.7 Å². The number of fused-ring (bicyclic) bond motifs is 1. The summed E-state index contributed by atoms with van der Waals surface area (Å²) in [6, 6.07) is 15.4. The van der Waals surface area contributed by atoms with Crippen LogP contribution in [0.15, 0.2) is 54.6 Å². The highest BCUT2D eigenvalue weighted by atomic mass is 19.1. The number of benzene rings is 2. The highest BCUT2D eigenvalue weighted by Gasteiger charge is 2.36. The molecule has 0 spiro atoms. The summed E-state index contributed by atoms with van der Waals surface area (Å²) in [7, 11) is 3.18. The molecule has 0 saturated carbocycles. The molecule has 1 atom stereocenters. The van der Waals surface area contributed by atoms with Crippen molar-refractivity contribution in [3.63, 3.8) is 0 Å². The second kappa shape index (κ2) is 8.12. The first-order valence-electron chi connectivity index (χ1n) is 9.51. The number of ether oxygens (including phenoxy) is 2. The number of hydrogen-bond acceptors (Lipinski definition) is 5. The maximum Gasteiger partial charge on any atom is 0.257 e. The van der Waals surface area contributed by atoms with Crippen LogP contribution in [0.1, 0.15) is 33.3 Å². The molecule has 1 aliphatic heterocycles. The molecular formula is C23H22FN3O3. The Hall–Kier alpha value is -3.45. The summed E-state index contributed by atoms with van der Waals surface area (Å²) in [6.45, 7) is 2.15. The van der Waals surface area contributed by atoms with Crippen molar-refractivity contribution in [2.45, 2.75) is 19.7 Å². The number of nitrogens with one attached hydrogen (secondary N) is 1. The van der Waals surface area contributed by atoms with E-state index in [4.69, 9.17) is 9.47 Å². The second-order valence-electron chi connectivity index (χ2n) is 7.05. The van der Waals surface area contributed by atoms with E-state index in [2.05, 4.69) is 10.3 Å². The average molecular weight is 407 g/mol. The Labute approximate surface area is 174 Å². The van der Waals surface area contributed by atoms with Crippen LogP contribution in [0, 0.1) is 12.7 Å². The number of methoxy groups -OCH3 is 2. The van der Waals surface area contributed by atoms with Crippen LogP contribution in [0.5, 0.6) is 5.75 Å². The van der Waals surface area contributed by atoms with Crippen LogP contribution in [0.3, 0.4) is 0 Å². The molecule has 4 rings (SSSR count). The van der Waals surface area contributed by atoms with E-state index < -0.39 is 6.17 Å². The van der Waals surface area contributed by atoms with E-state index in [1.807, 2.05) is 42.2 Å². The molecule has 1 amide bonds. The van der Waals surface area contributed by atoms with Gasteiger partial charge in [0, 0.05) is 18.5 Å². The lowest BCUT2D eigenvalue weighted by Gasteiger charge is -2.39. The molecule has 1 N–H and O–H groups in total. The first-order chi connectivity index (χ1) is 14.5. The van der Waals surface area contributed by atoms with Gasteiger partial charge in [0.15, 0.2) is 0 Å². The number of aryl methyl sites for hydroxylation is 1. The van der Waals surface area contributed by atoms with Gasteiger partial charge < -0.3 is 19.7 Å². The molecule has 1 aliphatic rings. The number of halogens is 1. The van der Waals surface area contributed by atoms with Crippen LogP contribution in [0.25, 0.3) is 0 Å². The fourth-order valence-electron chi connectivity index (χ4n) is 3.69. The summed E-state index contributed by atoms with van der Waals surface area (Å²) >= 11 is 0. The van der Waals surface area contributed by atoms with Crippen molar-refractivity contribution in [3.8, 4) is 5.75 Å². The Balaban J connectivity index is 1.91. The van der Waals surface area contributed by atoms with Gasteiger partial charge in [0.25, 0.3) is 5.91 Å². The standard InChI is InChI=1S/C23H22FN3O3/c1-14-12-16(13-29-2)20-22(25-14)27(18-8-6-17(24)7-9-18)21(26-23(20)28)15-4-10-19(30-3)11-5-15/h4-12,21H,13H2,1-3H3,(H,26,28)/t21-/m0/s1. The zero-order valence-corrected chi connectivity index (χ0v) is 17.0. The smallest absolute Gasteiger partial charge is 0.257 e. The predicted octanol–water partition coefficient (Wildman–Crippen LogP) is 4.26. The summed E-state index contributed by atoms with van der Waals surface area (Å²) in [5, 5.41) is 3.06. The van der Waals surface area contributed by atoms with Gasteiger partial charge in [-0.2, -0.15) is 0 Å². The highest BCUT2D eigenvalue weighted by Crippen LogP contribution is 2.40. The van der Waals surface area contributed by atoms with Crippen LogP contribution in [0.4, 0.5) is 15.9 Å². The number of pyridine rings is 1. The Morgan fingerprint density at radius 1 is 1.10 bits per heavy atom. The number of nitrogens with zero attached hydrogens (tertiary/aromatic N) is 2. The van der Waals surface area contributed by atoms with Gasteiger partial charge in [0.05, 0.1) is 19.3 Å². The van der Waals surface area contributed by atoms with Crippen LogP contribution in [-0.2, 0) is 11.3 Å². The van der Waals surface area contributed by atoms with E-state index in [0.29, 0.717) is 22.8 Å². The quantitative estimate of drug-likeness (QED) is 0.685. The Kier molecular flexibility index (Phi) is 5.37. The van der Waals surface area contributed by atoms with Crippen molar-refractivity contribution in [1.29, 1.82) is 0 Å². The van der Waals surface area contributed by atoms with Crippen molar-refractivity contribution in [2.24, 2.45) is 0 Å². The average Bonchev–Trinajstić information content (AvgIpc) is 2.74. The molecule has 0 aliphatic carbocycles. The monoisotopic (exact) mass is 407 g/mol. The lowest BCUT2D eigenvalue weighted by Crippen LogP contribution is -2.45. The maximum atomic E-state index is 13.6. The van der Waals surface area contributed by atoms with E-state index >= 15 is 0 Å². The Bertz CT molecular complexity index is 1070. The molecule has 7 heteroatoms. The third-order valence-corrected chi connectivity index (χ3v) is 5.03. The molecule has 0 bridgehead atoms. The molecule has 0 saturated heterocycles. The molecule has 0 unspecified atom stereocenters. The molecule has 1 aromatic heterocycles. The molecule has 3 aromatic rings. The molecule has 0 fully saturated rings. The first kappa shape index (κ1) is 19.8. The highest BCUT2D eigenvalue weighted by molar-refractivity contribution is 6.03. The van der Waals surface area contributed by atoms with Gasteiger partial charge >= 0.3 is 0 Å². The lowest BCUT2D eigenvalue weighted by molar-refractivity contribution is 0.0923. The van der Waals surface area contributed by atoms with E-state index in [9.17, 15) is 9.18 Å². The largest absolute Gasteiger partial charge is 0.497 e. The number of carbonyl (C=O) groups is 1. The summed E-state index contributed by atoms with van der Waals surface area (Å²) < 4.78 is 24.2. The molecule has 2 aromatic carbocycles. The van der Waals surface area contributed by atoms with Gasteiger partial charge in [-0.15, -0.1) is 0 Å². The fourth-order valence-corrected chi connectivity index (χ4v) is 3.69. The van der Waals surface area contributed by atoms with Crippen molar-refractivity contribution in [1.82, 2.24) is 10.3 Å². The minimum atomic E-state index is -0.522. The summed E-state index contributed by atoms with van der Waals surface area (Å²) in [5.74, 6) is 0.659. The van der Waals surface area contributed by atoms with Crippen LogP contribution < -0.4 is 15.0 Å². The van der Waals surface area contributed by atoms with Crippen LogP contribution in [-0.4, -0.2) is 25.1 Å². The second-order valence-corrected chi connectivity index (χ2v) is 7.05. The number of aromatic nitrogens is 1. The first-order valence-corrected chi connectivity index (χ1v) is 9.51. The minimum Gasteiger partial charge on any atom is -0.497 e. The Morgan fingerprint density at radius 2 is 1.80 bits per heavy atom. The van der Waals surface area contributed by atoms with Crippen molar-refractivity contribution < 1.29 is 18.7 Å². The number of rotatable bonds is 5. The summed E-state index contributed by atoms with van der Waals surface area (Å²) in [5.41, 5.74) is 3.51. The molecule has 30 heavy (non-hydrogen) atoms. The van der Waals surface area contributed by atoms with Crippen molar-refractivity contribution in [2.75, 3.05) is 19.1 Å². The van der Waals surface area contributed by atoms with E-state index in [1.165, 1.54) is 12.1 Å². The van der Waals surface area contributed by atoms with E-state index in [-0.39, 0.29) is 18.3 Å². The number of amides is 1. The number of anilines is 2. The molecule has 0 radical (unpaired) electrons. The zero-order valence-electron chi connectivity index (χ0n) is 17.0. The Morgan fingerprint density at radius 3 is 2.43 bits per heavy atom. The molecule has 154 valence electrons. The van der Waals surface area contributed by atoms with Gasteiger partial charge in [-0.05, 0) is 60.5 Å². The van der Waals surface area contributed by atoms with Crippen LogP contribution >= 0.6 is 0 Å². The fraction of sp³-hybridized carbons (Fsp3) is 0.217. The van der Waals surface area contributed by atoms with Gasteiger partial charge in [-0.1, -0.05) is 12.1 Å². The van der Waals surface area contributed by atoms with Crippen molar-refractivity contribution >= 4 is 17.4 Å². The van der Waals surface area contributed by atoms with Gasteiger partial charge in [0.1, 0.15) is 23.6 Å². The predicted molar refractivity (Wildman–Crippen MR) is 111 cm³/mol. The normalized spacial score (nSPS) is 15.5. The third-order valence-electron chi connectivity index (χ3n) is 5.03. The third kappa shape index (κ3) is 3.59. The van der Waals surface area contributed by atoms with Crippen molar-refractivity contribution in [3.05, 3.63) is 82.8 Å². The number of carbonyl (C=O) groups excluding carboxylic acids is 1. The molecule has 6 nitrogen and oxygen atoms in total. The maximum absolute atomic E-state index is 13.6. The molecule has 2 heterocycles. The number of hydrogen-bond donors (Lipinski definition) is 1. The summed E-state index contributed by atoms with van der Waals surface area (Å²) in [6.07, 6.45) is -0.522. The SMILES string of the molecule is COCc1cc(C)nc2c1C(=O)N[C@H](c1ccc(OC)cc1)N2c1ccc(F)cc1.